The Morgan fingerprint density at radius 2 is 1.96 bits per heavy atom. The number of nitrogens with zero attached hydrogens (tertiary/aromatic N) is 2. The molecule has 6 nitrogen and oxygen atoms in total. The van der Waals surface area contributed by atoms with Gasteiger partial charge in [-0.25, -0.2) is 17.7 Å². The van der Waals surface area contributed by atoms with Crippen molar-refractivity contribution in [2.24, 2.45) is 0 Å². The predicted molar refractivity (Wildman–Crippen MR) is 102 cm³/mol. The topological polar surface area (TPSA) is 75.4 Å². The third-order valence-corrected chi connectivity index (χ3v) is 6.83. The number of sulfonamides is 1. The molecule has 1 aromatic heterocycles. The molecule has 26 heavy (non-hydrogen) atoms. The van der Waals surface area contributed by atoms with Crippen LogP contribution in [-0.4, -0.2) is 42.6 Å². The van der Waals surface area contributed by atoms with E-state index in [0.29, 0.717) is 19.1 Å². The van der Waals surface area contributed by atoms with Crippen LogP contribution in [0.15, 0.2) is 41.3 Å². The van der Waals surface area contributed by atoms with Crippen LogP contribution >= 0.6 is 0 Å². The van der Waals surface area contributed by atoms with Crippen LogP contribution in [-0.2, 0) is 16.6 Å². The Balaban J connectivity index is 1.45. The molecule has 0 spiro atoms. The maximum atomic E-state index is 12.3. The van der Waals surface area contributed by atoms with Gasteiger partial charge in [0.05, 0.1) is 11.9 Å². The van der Waals surface area contributed by atoms with Crippen molar-refractivity contribution in [1.82, 2.24) is 14.6 Å². The van der Waals surface area contributed by atoms with Gasteiger partial charge in [-0.05, 0) is 24.8 Å². The average Bonchev–Trinajstić information content (AvgIpc) is 3.20. The zero-order valence-corrected chi connectivity index (χ0v) is 16.0. The maximum Gasteiger partial charge on any atom is 0.214 e. The van der Waals surface area contributed by atoms with Gasteiger partial charge in [-0.2, -0.15) is 0 Å². The van der Waals surface area contributed by atoms with Gasteiger partial charge in [-0.3, -0.25) is 0 Å². The summed E-state index contributed by atoms with van der Waals surface area (Å²) in [6, 6.07) is 8.58. The number of piperidine rings is 1. The van der Waals surface area contributed by atoms with Crippen molar-refractivity contribution in [3.63, 3.8) is 0 Å². The van der Waals surface area contributed by atoms with Crippen LogP contribution in [0.3, 0.4) is 0 Å². The van der Waals surface area contributed by atoms with Crippen LogP contribution in [0, 0.1) is 0 Å². The lowest BCUT2D eigenvalue weighted by Gasteiger charge is -2.31. The Bertz CT molecular complexity index is 765. The lowest BCUT2D eigenvalue weighted by atomic mass is 10.1. The molecule has 0 saturated carbocycles. The summed E-state index contributed by atoms with van der Waals surface area (Å²) in [7, 11) is -3.07. The van der Waals surface area contributed by atoms with Crippen molar-refractivity contribution in [2.45, 2.75) is 45.2 Å². The highest BCUT2D eigenvalue weighted by Crippen LogP contribution is 2.20. The summed E-state index contributed by atoms with van der Waals surface area (Å²) < 4.78 is 31.5. The van der Waals surface area contributed by atoms with E-state index in [-0.39, 0.29) is 5.75 Å². The van der Waals surface area contributed by atoms with Crippen LogP contribution in [0.2, 0.25) is 0 Å². The molecular weight excluding hydrogens is 350 g/mol. The third kappa shape index (κ3) is 4.93. The van der Waals surface area contributed by atoms with E-state index in [1.165, 1.54) is 12.0 Å². The van der Waals surface area contributed by atoms with Crippen molar-refractivity contribution in [1.29, 1.82) is 0 Å². The monoisotopic (exact) mass is 377 g/mol. The molecule has 2 aromatic rings. The molecule has 0 amide bonds. The largest absolute Gasteiger partial charge is 0.444 e. The second-order valence-corrected chi connectivity index (χ2v) is 8.87. The molecule has 1 aromatic carbocycles. The van der Waals surface area contributed by atoms with Crippen LogP contribution in [0.1, 0.15) is 38.2 Å². The summed E-state index contributed by atoms with van der Waals surface area (Å²) >= 11 is 0. The Kier molecular flexibility index (Phi) is 6.45. The van der Waals surface area contributed by atoms with E-state index in [4.69, 9.17) is 4.42 Å². The fourth-order valence-corrected chi connectivity index (χ4v) is 4.88. The minimum absolute atomic E-state index is 0.277. The second kappa shape index (κ2) is 8.79. The summed E-state index contributed by atoms with van der Waals surface area (Å²) in [4.78, 5) is 3.93. The van der Waals surface area contributed by atoms with Gasteiger partial charge >= 0.3 is 0 Å². The zero-order chi connectivity index (χ0) is 18.4. The number of nitrogens with one attached hydrogen (secondary N) is 1. The molecule has 7 heteroatoms. The number of rotatable bonds is 8. The summed E-state index contributed by atoms with van der Waals surface area (Å²) in [5.74, 6) is 1.04. The molecule has 3 rings (SSSR count). The van der Waals surface area contributed by atoms with Gasteiger partial charge in [0.1, 0.15) is 0 Å². The molecule has 1 saturated heterocycles. The SMILES string of the molecule is CCCCS(=O)(=O)N1CCC(NCc2ccc(-c3cnco3)cc2)CC1. The quantitative estimate of drug-likeness (QED) is 0.765. The molecule has 0 bridgehead atoms. The van der Waals surface area contributed by atoms with E-state index in [9.17, 15) is 8.42 Å². The van der Waals surface area contributed by atoms with E-state index in [1.807, 2.05) is 19.1 Å². The van der Waals surface area contributed by atoms with E-state index >= 15 is 0 Å². The molecule has 1 N–H and O–H groups in total. The van der Waals surface area contributed by atoms with Crippen molar-refractivity contribution in [2.75, 3.05) is 18.8 Å². The highest BCUT2D eigenvalue weighted by molar-refractivity contribution is 7.89. The number of hydrogen-bond donors (Lipinski definition) is 1. The lowest BCUT2D eigenvalue weighted by molar-refractivity contribution is 0.288. The molecule has 142 valence electrons. The first-order valence-corrected chi connectivity index (χ1v) is 10.9. The zero-order valence-electron chi connectivity index (χ0n) is 15.2. The first kappa shape index (κ1) is 19.1. The molecule has 0 unspecified atom stereocenters. The normalized spacial score (nSPS) is 16.8. The van der Waals surface area contributed by atoms with Crippen LogP contribution in [0.4, 0.5) is 0 Å². The van der Waals surface area contributed by atoms with Crippen LogP contribution < -0.4 is 5.32 Å². The maximum absolute atomic E-state index is 12.3. The number of oxazole rings is 1. The molecule has 0 atom stereocenters. The first-order chi connectivity index (χ1) is 12.6. The van der Waals surface area contributed by atoms with Crippen molar-refractivity contribution in [3.05, 3.63) is 42.4 Å². The highest BCUT2D eigenvalue weighted by atomic mass is 32.2. The Morgan fingerprint density at radius 3 is 2.58 bits per heavy atom. The molecule has 1 aliphatic heterocycles. The van der Waals surface area contributed by atoms with Gasteiger partial charge in [0.25, 0.3) is 0 Å². The van der Waals surface area contributed by atoms with Crippen molar-refractivity contribution < 1.29 is 12.8 Å². The van der Waals surface area contributed by atoms with E-state index in [1.54, 1.807) is 10.5 Å². The van der Waals surface area contributed by atoms with Crippen LogP contribution in [0.25, 0.3) is 11.3 Å². The van der Waals surface area contributed by atoms with Gasteiger partial charge in [-0.1, -0.05) is 37.6 Å². The standard InChI is InChI=1S/C19H27N3O3S/c1-2-3-12-26(23,24)22-10-8-18(9-11-22)21-13-16-4-6-17(7-5-16)19-14-20-15-25-19/h4-7,14-15,18,21H,2-3,8-13H2,1H3. The molecule has 1 fully saturated rings. The van der Waals surface area contributed by atoms with Crippen molar-refractivity contribution in [3.8, 4) is 11.3 Å². The van der Waals surface area contributed by atoms with Gasteiger partial charge in [0.2, 0.25) is 10.0 Å². The summed E-state index contributed by atoms with van der Waals surface area (Å²) in [5, 5.41) is 3.55. The minimum atomic E-state index is -3.07. The molecule has 2 heterocycles. The molecule has 0 radical (unpaired) electrons. The first-order valence-electron chi connectivity index (χ1n) is 9.27. The Hall–Kier alpha value is -1.70. The number of benzene rings is 1. The Morgan fingerprint density at radius 1 is 1.23 bits per heavy atom. The fraction of sp³-hybridized carbons (Fsp3) is 0.526. The van der Waals surface area contributed by atoms with Gasteiger partial charge in [0, 0.05) is 31.2 Å². The van der Waals surface area contributed by atoms with Gasteiger partial charge in [-0.15, -0.1) is 0 Å². The molecule has 1 aliphatic rings. The second-order valence-electron chi connectivity index (χ2n) is 6.79. The summed E-state index contributed by atoms with van der Waals surface area (Å²) in [6.07, 6.45) is 6.51. The van der Waals surface area contributed by atoms with Gasteiger partial charge < -0.3 is 9.73 Å². The Labute approximate surface area is 155 Å². The predicted octanol–water partition coefficient (Wildman–Crippen LogP) is 3.03. The van der Waals surface area contributed by atoms with E-state index in [0.717, 1.165) is 43.6 Å². The number of hydrogen-bond acceptors (Lipinski definition) is 5. The summed E-state index contributed by atoms with van der Waals surface area (Å²) in [6.45, 7) is 4.04. The van der Waals surface area contributed by atoms with E-state index in [2.05, 4.69) is 22.4 Å². The number of aromatic nitrogens is 1. The smallest absolute Gasteiger partial charge is 0.214 e. The minimum Gasteiger partial charge on any atom is -0.444 e. The van der Waals surface area contributed by atoms with E-state index < -0.39 is 10.0 Å². The van der Waals surface area contributed by atoms with Crippen LogP contribution in [0.5, 0.6) is 0 Å². The lowest BCUT2D eigenvalue weighted by Crippen LogP contribution is -2.45. The van der Waals surface area contributed by atoms with Gasteiger partial charge in [0.15, 0.2) is 12.2 Å². The van der Waals surface area contributed by atoms with Crippen molar-refractivity contribution >= 4 is 10.0 Å². The summed E-state index contributed by atoms with van der Waals surface area (Å²) in [5.41, 5.74) is 2.21. The molecule has 0 aliphatic carbocycles. The highest BCUT2D eigenvalue weighted by Gasteiger charge is 2.27. The average molecular weight is 378 g/mol. The third-order valence-electron chi connectivity index (χ3n) is 4.87. The fourth-order valence-electron chi connectivity index (χ4n) is 3.20. The molecular formula is C19H27N3O3S. The number of unbranched alkanes of at least 4 members (excludes halogenated alkanes) is 1.